The van der Waals surface area contributed by atoms with Gasteiger partial charge in [-0.05, 0) is 38.0 Å². The Balaban J connectivity index is 2.22. The smallest absolute Gasteiger partial charge is 0.0640 e. The first kappa shape index (κ1) is 13.1. The van der Waals surface area contributed by atoms with Gasteiger partial charge in [-0.1, -0.05) is 35.4 Å². The summed E-state index contributed by atoms with van der Waals surface area (Å²) in [7, 11) is 0. The summed E-state index contributed by atoms with van der Waals surface area (Å²) in [4.78, 5) is 4.40. The van der Waals surface area contributed by atoms with Crippen LogP contribution in [0.4, 0.5) is 0 Å². The van der Waals surface area contributed by atoms with Crippen molar-refractivity contribution in [1.29, 1.82) is 0 Å². The summed E-state index contributed by atoms with van der Waals surface area (Å²) in [6, 6.07) is 10.5. The second-order valence-electron chi connectivity index (χ2n) is 4.86. The van der Waals surface area contributed by atoms with Crippen LogP contribution in [0.5, 0.6) is 0 Å². The number of hydrogen-bond acceptors (Lipinski definition) is 1. The van der Waals surface area contributed by atoms with Crippen molar-refractivity contribution in [2.45, 2.75) is 32.6 Å². The van der Waals surface area contributed by atoms with E-state index in [0.717, 1.165) is 12.1 Å². The van der Waals surface area contributed by atoms with Crippen molar-refractivity contribution in [3.05, 3.63) is 64.5 Å². The number of nitrogens with zero attached hydrogens (tertiary/aromatic N) is 1. The number of hydrogen-bond donors (Lipinski definition) is 0. The Hall–Kier alpha value is -1.34. The van der Waals surface area contributed by atoms with Crippen molar-refractivity contribution >= 4 is 11.6 Å². The average Bonchev–Trinajstić information content (AvgIpc) is 2.31. The largest absolute Gasteiger partial charge is 0.261 e. The van der Waals surface area contributed by atoms with E-state index in [4.69, 9.17) is 11.6 Å². The summed E-state index contributed by atoms with van der Waals surface area (Å²) in [5.41, 5.74) is 5.98. The number of halogens is 1. The molecule has 18 heavy (non-hydrogen) atoms. The van der Waals surface area contributed by atoms with Crippen molar-refractivity contribution in [3.63, 3.8) is 0 Å². The van der Waals surface area contributed by atoms with Crippen molar-refractivity contribution in [2.24, 2.45) is 0 Å². The maximum atomic E-state index is 6.52. The van der Waals surface area contributed by atoms with Crippen LogP contribution < -0.4 is 0 Å². The molecule has 0 saturated carbocycles. The first-order valence-corrected chi connectivity index (χ1v) is 6.62. The first-order valence-electron chi connectivity index (χ1n) is 6.19. The van der Waals surface area contributed by atoms with Gasteiger partial charge in [0.25, 0.3) is 0 Å². The lowest BCUT2D eigenvalue weighted by molar-refractivity contribution is 0.867. The molecule has 0 bridgehead atoms. The molecule has 1 nitrogen and oxygen atoms in total. The molecule has 0 spiro atoms. The summed E-state index contributed by atoms with van der Waals surface area (Å²) >= 11 is 6.52. The van der Waals surface area contributed by atoms with Crippen LogP contribution in [-0.4, -0.2) is 4.98 Å². The molecule has 0 radical (unpaired) electrons. The molecule has 0 N–H and O–H groups in total. The molecular weight excluding hydrogens is 242 g/mol. The van der Waals surface area contributed by atoms with Crippen molar-refractivity contribution in [1.82, 2.24) is 4.98 Å². The van der Waals surface area contributed by atoms with Crippen LogP contribution in [0.2, 0.25) is 0 Å². The zero-order valence-corrected chi connectivity index (χ0v) is 11.8. The Morgan fingerprint density at radius 1 is 1.11 bits per heavy atom. The van der Waals surface area contributed by atoms with Gasteiger partial charge in [0, 0.05) is 18.3 Å². The lowest BCUT2D eigenvalue weighted by Crippen LogP contribution is -2.01. The monoisotopic (exact) mass is 259 g/mol. The summed E-state index contributed by atoms with van der Waals surface area (Å²) in [5.74, 6) is 0. The number of rotatable bonds is 3. The molecule has 1 aromatic carbocycles. The predicted molar refractivity (Wildman–Crippen MR) is 77.2 cm³/mol. The highest BCUT2D eigenvalue weighted by Crippen LogP contribution is 2.27. The van der Waals surface area contributed by atoms with E-state index in [2.05, 4.69) is 50.0 Å². The number of aromatic nitrogens is 1. The van der Waals surface area contributed by atoms with E-state index in [1.165, 1.54) is 22.3 Å². The zero-order chi connectivity index (χ0) is 13.1. The molecule has 0 saturated heterocycles. The normalized spacial score (nSPS) is 12.4. The molecule has 1 heterocycles. The van der Waals surface area contributed by atoms with Gasteiger partial charge in [-0.25, -0.2) is 0 Å². The summed E-state index contributed by atoms with van der Waals surface area (Å²) < 4.78 is 0. The van der Waals surface area contributed by atoms with Crippen LogP contribution in [0.25, 0.3) is 0 Å². The SMILES string of the molecule is Cc1cc(C)cc(C(Cl)Cc2ncccc2C)c1. The molecule has 94 valence electrons. The van der Waals surface area contributed by atoms with Gasteiger partial charge in [0.15, 0.2) is 0 Å². The number of benzene rings is 1. The van der Waals surface area contributed by atoms with Crippen molar-refractivity contribution < 1.29 is 0 Å². The Bertz CT molecular complexity index is 528. The van der Waals surface area contributed by atoms with Crippen LogP contribution in [0, 0.1) is 20.8 Å². The van der Waals surface area contributed by atoms with Gasteiger partial charge in [0.2, 0.25) is 0 Å². The van der Waals surface area contributed by atoms with E-state index >= 15 is 0 Å². The lowest BCUT2D eigenvalue weighted by atomic mass is 10.0. The van der Waals surface area contributed by atoms with E-state index in [0.29, 0.717) is 0 Å². The molecule has 1 atom stereocenters. The lowest BCUT2D eigenvalue weighted by Gasteiger charge is -2.12. The summed E-state index contributed by atoms with van der Waals surface area (Å²) in [5, 5.41) is -0.0165. The number of alkyl halides is 1. The average molecular weight is 260 g/mol. The maximum Gasteiger partial charge on any atom is 0.0640 e. The second-order valence-corrected chi connectivity index (χ2v) is 5.39. The Morgan fingerprint density at radius 3 is 2.39 bits per heavy atom. The highest BCUT2D eigenvalue weighted by Gasteiger charge is 2.12. The molecule has 0 fully saturated rings. The predicted octanol–water partition coefficient (Wildman–Crippen LogP) is 4.53. The van der Waals surface area contributed by atoms with Crippen LogP contribution in [0.15, 0.2) is 36.5 Å². The van der Waals surface area contributed by atoms with Gasteiger partial charge in [0.1, 0.15) is 0 Å². The molecule has 2 rings (SSSR count). The minimum atomic E-state index is -0.0165. The topological polar surface area (TPSA) is 12.9 Å². The highest BCUT2D eigenvalue weighted by atomic mass is 35.5. The van der Waals surface area contributed by atoms with E-state index in [1.54, 1.807) is 0 Å². The van der Waals surface area contributed by atoms with E-state index < -0.39 is 0 Å². The fraction of sp³-hybridized carbons (Fsp3) is 0.312. The van der Waals surface area contributed by atoms with Crippen LogP contribution >= 0.6 is 11.6 Å². The fourth-order valence-electron chi connectivity index (χ4n) is 2.21. The molecule has 0 aliphatic heterocycles. The van der Waals surface area contributed by atoms with Crippen molar-refractivity contribution in [2.75, 3.05) is 0 Å². The molecule has 0 aliphatic carbocycles. The molecule has 0 aliphatic rings. The number of pyridine rings is 1. The van der Waals surface area contributed by atoms with Gasteiger partial charge < -0.3 is 0 Å². The van der Waals surface area contributed by atoms with Crippen LogP contribution in [0.3, 0.4) is 0 Å². The molecule has 0 amide bonds. The Morgan fingerprint density at radius 2 is 1.78 bits per heavy atom. The zero-order valence-electron chi connectivity index (χ0n) is 11.1. The maximum absolute atomic E-state index is 6.52. The van der Waals surface area contributed by atoms with Gasteiger partial charge >= 0.3 is 0 Å². The second kappa shape index (κ2) is 5.53. The third kappa shape index (κ3) is 3.11. The molecule has 2 aromatic rings. The highest BCUT2D eigenvalue weighted by molar-refractivity contribution is 6.20. The third-order valence-electron chi connectivity index (χ3n) is 3.10. The molecule has 1 aromatic heterocycles. The summed E-state index contributed by atoms with van der Waals surface area (Å²) in [6.45, 7) is 6.28. The fourth-order valence-corrected chi connectivity index (χ4v) is 2.48. The van der Waals surface area contributed by atoms with Gasteiger partial charge in [-0.3, -0.25) is 4.98 Å². The summed E-state index contributed by atoms with van der Waals surface area (Å²) in [6.07, 6.45) is 2.60. The van der Waals surface area contributed by atoms with Gasteiger partial charge in [-0.15, -0.1) is 11.6 Å². The van der Waals surface area contributed by atoms with Gasteiger partial charge in [-0.2, -0.15) is 0 Å². The minimum absolute atomic E-state index is 0.0165. The Kier molecular flexibility index (Phi) is 4.03. The van der Waals surface area contributed by atoms with E-state index in [1.807, 2.05) is 12.3 Å². The van der Waals surface area contributed by atoms with Gasteiger partial charge in [0.05, 0.1) is 5.38 Å². The van der Waals surface area contributed by atoms with Crippen molar-refractivity contribution in [3.8, 4) is 0 Å². The molecule has 2 heteroatoms. The standard InChI is InChI=1S/C16H18ClN/c1-11-7-12(2)9-14(8-11)15(17)10-16-13(3)5-4-6-18-16/h4-9,15H,10H2,1-3H3. The molecular formula is C16H18ClN. The quantitative estimate of drug-likeness (QED) is 0.738. The minimum Gasteiger partial charge on any atom is -0.261 e. The number of aryl methyl sites for hydroxylation is 3. The van der Waals surface area contributed by atoms with Crippen LogP contribution in [-0.2, 0) is 6.42 Å². The van der Waals surface area contributed by atoms with Crippen LogP contribution in [0.1, 0.15) is 33.3 Å². The van der Waals surface area contributed by atoms with E-state index in [-0.39, 0.29) is 5.38 Å². The molecule has 1 unspecified atom stereocenters. The van der Waals surface area contributed by atoms with E-state index in [9.17, 15) is 0 Å². The third-order valence-corrected chi connectivity index (χ3v) is 3.50. The Labute approximate surface area is 114 Å². The first-order chi connectivity index (χ1) is 8.56.